The van der Waals surface area contributed by atoms with Crippen molar-refractivity contribution >= 4 is 35.0 Å². The molecule has 2 amide bonds. The maximum Gasteiger partial charge on any atom is 0.261 e. The Bertz CT molecular complexity index is 1110. The molecule has 0 bridgehead atoms. The van der Waals surface area contributed by atoms with Crippen molar-refractivity contribution in [2.24, 2.45) is 0 Å². The molecule has 0 saturated heterocycles. The van der Waals surface area contributed by atoms with Gasteiger partial charge in [0.05, 0.1) is 16.9 Å². The van der Waals surface area contributed by atoms with Gasteiger partial charge in [-0.1, -0.05) is 23.9 Å². The van der Waals surface area contributed by atoms with E-state index in [9.17, 15) is 18.4 Å². The Balaban J connectivity index is 1.56. The van der Waals surface area contributed by atoms with Crippen molar-refractivity contribution < 1.29 is 18.4 Å². The first-order valence-corrected chi connectivity index (χ1v) is 9.63. The Morgan fingerprint density at radius 1 is 1.10 bits per heavy atom. The zero-order valence-electron chi connectivity index (χ0n) is 15.1. The van der Waals surface area contributed by atoms with Crippen LogP contribution in [0.2, 0.25) is 0 Å². The number of halogens is 2. The third kappa shape index (κ3) is 3.97. The highest BCUT2D eigenvalue weighted by molar-refractivity contribution is 7.99. The van der Waals surface area contributed by atoms with Crippen LogP contribution in [0.5, 0.6) is 0 Å². The van der Waals surface area contributed by atoms with Crippen LogP contribution in [0.25, 0.3) is 0 Å². The number of carbonyl (C=O) groups is 2. The molecule has 1 aliphatic heterocycles. The standard InChI is InChI=1S/C21H15F2N3O2S/c22-13-7-8-15(23)16(12-13)25-19(27)9-11-26-17-5-1-2-6-18(17)29-20-14(21(26)28)4-3-10-24-20/h1-8,10,12H,9,11H2,(H,25,27). The number of benzene rings is 2. The molecule has 0 radical (unpaired) electrons. The molecular formula is C21H15F2N3O2S. The first-order chi connectivity index (χ1) is 14.0. The summed E-state index contributed by atoms with van der Waals surface area (Å²) in [6.07, 6.45) is 1.54. The Morgan fingerprint density at radius 2 is 1.93 bits per heavy atom. The first kappa shape index (κ1) is 19.1. The van der Waals surface area contributed by atoms with Gasteiger partial charge in [0.1, 0.15) is 16.7 Å². The lowest BCUT2D eigenvalue weighted by Crippen LogP contribution is -2.34. The number of pyridine rings is 1. The van der Waals surface area contributed by atoms with Crippen molar-refractivity contribution in [2.75, 3.05) is 16.8 Å². The van der Waals surface area contributed by atoms with Crippen LogP contribution >= 0.6 is 11.8 Å². The minimum atomic E-state index is -0.729. The van der Waals surface area contributed by atoms with Crippen LogP contribution in [-0.4, -0.2) is 23.3 Å². The summed E-state index contributed by atoms with van der Waals surface area (Å²) in [6.45, 7) is 0.0769. The molecular weight excluding hydrogens is 396 g/mol. The number of fused-ring (bicyclic) bond motifs is 2. The zero-order chi connectivity index (χ0) is 20.4. The highest BCUT2D eigenvalue weighted by atomic mass is 32.2. The molecule has 8 heteroatoms. The van der Waals surface area contributed by atoms with Crippen molar-refractivity contribution in [3.05, 3.63) is 78.0 Å². The van der Waals surface area contributed by atoms with Gasteiger partial charge in [0.15, 0.2) is 0 Å². The van der Waals surface area contributed by atoms with Crippen molar-refractivity contribution in [2.45, 2.75) is 16.3 Å². The lowest BCUT2D eigenvalue weighted by atomic mass is 10.2. The molecule has 146 valence electrons. The molecule has 0 aliphatic carbocycles. The maximum absolute atomic E-state index is 13.7. The minimum Gasteiger partial charge on any atom is -0.323 e. The summed E-state index contributed by atoms with van der Waals surface area (Å²) in [4.78, 5) is 32.1. The SMILES string of the molecule is O=C(CCN1C(=O)c2cccnc2Sc2ccccc21)Nc1cc(F)ccc1F. The highest BCUT2D eigenvalue weighted by Crippen LogP contribution is 2.40. The van der Waals surface area contributed by atoms with Crippen LogP contribution in [0.15, 0.2) is 70.7 Å². The Labute approximate surface area is 169 Å². The normalized spacial score (nSPS) is 12.8. The number of rotatable bonds is 4. The number of para-hydroxylation sites is 1. The summed E-state index contributed by atoms with van der Waals surface area (Å²) in [6, 6.07) is 13.6. The molecule has 0 atom stereocenters. The van der Waals surface area contributed by atoms with Crippen LogP contribution < -0.4 is 10.2 Å². The van der Waals surface area contributed by atoms with Crippen molar-refractivity contribution in [3.63, 3.8) is 0 Å². The highest BCUT2D eigenvalue weighted by Gasteiger charge is 2.28. The molecule has 1 aromatic heterocycles. The topological polar surface area (TPSA) is 62.3 Å². The van der Waals surface area contributed by atoms with Gasteiger partial charge in [-0.15, -0.1) is 0 Å². The summed E-state index contributed by atoms with van der Waals surface area (Å²) in [7, 11) is 0. The number of carbonyl (C=O) groups excluding carboxylic acids is 2. The largest absolute Gasteiger partial charge is 0.323 e. The van der Waals surface area contributed by atoms with E-state index in [1.165, 1.54) is 16.7 Å². The monoisotopic (exact) mass is 411 g/mol. The average Bonchev–Trinajstić information content (AvgIpc) is 2.83. The van der Waals surface area contributed by atoms with Gasteiger partial charge < -0.3 is 10.2 Å². The fourth-order valence-electron chi connectivity index (χ4n) is 3.00. The molecule has 3 aromatic rings. The molecule has 0 saturated carbocycles. The van der Waals surface area contributed by atoms with Gasteiger partial charge in [0, 0.05) is 30.1 Å². The lowest BCUT2D eigenvalue weighted by molar-refractivity contribution is -0.116. The quantitative estimate of drug-likeness (QED) is 0.687. The molecule has 0 fully saturated rings. The number of amides is 2. The molecule has 2 heterocycles. The van der Waals surface area contributed by atoms with Crippen LogP contribution in [0.1, 0.15) is 16.8 Å². The number of anilines is 2. The smallest absolute Gasteiger partial charge is 0.261 e. The zero-order valence-corrected chi connectivity index (χ0v) is 15.9. The maximum atomic E-state index is 13.7. The van der Waals surface area contributed by atoms with E-state index in [1.54, 1.807) is 24.4 Å². The third-order valence-corrected chi connectivity index (χ3v) is 5.46. The second kappa shape index (κ2) is 8.00. The van der Waals surface area contributed by atoms with Gasteiger partial charge in [-0.3, -0.25) is 9.59 Å². The van der Waals surface area contributed by atoms with E-state index in [0.29, 0.717) is 16.3 Å². The van der Waals surface area contributed by atoms with Crippen molar-refractivity contribution in [3.8, 4) is 0 Å². The van der Waals surface area contributed by atoms with Crippen LogP contribution in [0.4, 0.5) is 20.2 Å². The van der Waals surface area contributed by atoms with E-state index >= 15 is 0 Å². The molecule has 0 spiro atoms. The number of aromatic nitrogens is 1. The fraction of sp³-hybridized carbons (Fsp3) is 0.0952. The van der Waals surface area contributed by atoms with Crippen LogP contribution in [0, 0.1) is 11.6 Å². The summed E-state index contributed by atoms with van der Waals surface area (Å²) >= 11 is 1.39. The predicted molar refractivity (Wildman–Crippen MR) is 106 cm³/mol. The number of nitrogens with one attached hydrogen (secondary N) is 1. The van der Waals surface area contributed by atoms with E-state index in [4.69, 9.17) is 0 Å². The summed E-state index contributed by atoms with van der Waals surface area (Å²) in [5, 5.41) is 2.95. The van der Waals surface area contributed by atoms with Crippen molar-refractivity contribution in [1.82, 2.24) is 4.98 Å². The summed E-state index contributed by atoms with van der Waals surface area (Å²) in [5.74, 6) is -2.18. The van der Waals surface area contributed by atoms with Gasteiger partial charge in [-0.05, 0) is 36.4 Å². The first-order valence-electron chi connectivity index (χ1n) is 8.81. The van der Waals surface area contributed by atoms with Crippen molar-refractivity contribution in [1.29, 1.82) is 0 Å². The molecule has 2 aromatic carbocycles. The Hall–Kier alpha value is -3.26. The number of hydrogen-bond acceptors (Lipinski definition) is 4. The summed E-state index contributed by atoms with van der Waals surface area (Å²) in [5.41, 5.74) is 0.887. The van der Waals surface area contributed by atoms with Gasteiger partial charge >= 0.3 is 0 Å². The molecule has 0 unspecified atom stereocenters. The molecule has 1 aliphatic rings. The minimum absolute atomic E-state index is 0.0769. The molecule has 4 rings (SSSR count). The van der Waals surface area contributed by atoms with E-state index in [-0.39, 0.29) is 24.6 Å². The van der Waals surface area contributed by atoms with E-state index < -0.39 is 17.5 Å². The molecule has 29 heavy (non-hydrogen) atoms. The predicted octanol–water partition coefficient (Wildman–Crippen LogP) is 4.50. The van der Waals surface area contributed by atoms with Gasteiger partial charge in [-0.25, -0.2) is 13.8 Å². The Morgan fingerprint density at radius 3 is 2.79 bits per heavy atom. The van der Waals surface area contributed by atoms with Crippen LogP contribution in [0.3, 0.4) is 0 Å². The molecule has 1 N–H and O–H groups in total. The van der Waals surface area contributed by atoms with Gasteiger partial charge in [0.2, 0.25) is 5.91 Å². The number of hydrogen-bond donors (Lipinski definition) is 1. The van der Waals surface area contributed by atoms with E-state index in [1.807, 2.05) is 18.2 Å². The lowest BCUT2D eigenvalue weighted by Gasteiger charge is -2.22. The van der Waals surface area contributed by atoms with E-state index in [2.05, 4.69) is 10.3 Å². The number of nitrogens with zero attached hydrogens (tertiary/aromatic N) is 2. The second-order valence-electron chi connectivity index (χ2n) is 6.31. The molecule has 5 nitrogen and oxygen atoms in total. The third-order valence-electron chi connectivity index (χ3n) is 4.37. The fourth-order valence-corrected chi connectivity index (χ4v) is 4.02. The second-order valence-corrected chi connectivity index (χ2v) is 7.34. The van der Waals surface area contributed by atoms with Crippen LogP contribution in [-0.2, 0) is 4.79 Å². The summed E-state index contributed by atoms with van der Waals surface area (Å²) < 4.78 is 27.0. The average molecular weight is 411 g/mol. The van der Waals surface area contributed by atoms with E-state index in [0.717, 1.165) is 23.1 Å². The van der Waals surface area contributed by atoms with Gasteiger partial charge in [0.25, 0.3) is 5.91 Å². The van der Waals surface area contributed by atoms with Gasteiger partial charge in [-0.2, -0.15) is 0 Å². The Kier molecular flexibility index (Phi) is 5.26.